The van der Waals surface area contributed by atoms with Crippen LogP contribution in [0.2, 0.25) is 0 Å². The molecule has 0 bridgehead atoms. The van der Waals surface area contributed by atoms with Gasteiger partial charge in [0.05, 0.1) is 6.61 Å². The lowest BCUT2D eigenvalue weighted by atomic mass is 10.3. The lowest BCUT2D eigenvalue weighted by Gasteiger charge is -2.04. The number of halogens is 1. The number of hydrogen-bond acceptors (Lipinski definition) is 3. The Balaban J connectivity index is 2.03. The second-order valence-electron chi connectivity index (χ2n) is 2.92. The molecular weight excluding hydrogens is 234 g/mol. The third-order valence-corrected chi connectivity index (χ3v) is 2.59. The quantitative estimate of drug-likeness (QED) is 0.592. The molecule has 0 aromatic carbocycles. The first-order valence-corrected chi connectivity index (χ1v) is 6.26. The number of thiophene rings is 1. The van der Waals surface area contributed by atoms with E-state index in [-0.39, 0.29) is 5.91 Å². The predicted molar refractivity (Wildman–Crippen MR) is 62.8 cm³/mol. The first-order chi connectivity index (χ1) is 7.34. The van der Waals surface area contributed by atoms with Crippen molar-refractivity contribution in [1.29, 1.82) is 0 Å². The highest BCUT2D eigenvalue weighted by atomic mass is 35.5. The minimum atomic E-state index is -0.0198. The SMILES string of the molecule is O=C(NCCCOCCCl)c1ccsc1. The van der Waals surface area contributed by atoms with Gasteiger partial charge in [-0.25, -0.2) is 0 Å². The molecule has 1 N–H and O–H groups in total. The van der Waals surface area contributed by atoms with E-state index >= 15 is 0 Å². The summed E-state index contributed by atoms with van der Waals surface area (Å²) in [7, 11) is 0. The smallest absolute Gasteiger partial charge is 0.252 e. The van der Waals surface area contributed by atoms with E-state index in [1.807, 2.05) is 16.8 Å². The monoisotopic (exact) mass is 247 g/mol. The molecular formula is C10H14ClNO2S. The van der Waals surface area contributed by atoms with E-state index in [2.05, 4.69) is 5.32 Å². The third kappa shape index (κ3) is 5.16. The van der Waals surface area contributed by atoms with Crippen LogP contribution in [-0.4, -0.2) is 31.5 Å². The minimum absolute atomic E-state index is 0.0198. The molecule has 1 aromatic heterocycles. The molecule has 15 heavy (non-hydrogen) atoms. The van der Waals surface area contributed by atoms with Gasteiger partial charge >= 0.3 is 0 Å². The van der Waals surface area contributed by atoms with Crippen LogP contribution in [0.1, 0.15) is 16.8 Å². The number of carbonyl (C=O) groups is 1. The van der Waals surface area contributed by atoms with E-state index in [1.165, 1.54) is 11.3 Å². The zero-order valence-corrected chi connectivity index (χ0v) is 9.94. The summed E-state index contributed by atoms with van der Waals surface area (Å²) in [6.45, 7) is 1.84. The minimum Gasteiger partial charge on any atom is -0.380 e. The van der Waals surface area contributed by atoms with Crippen molar-refractivity contribution in [3.05, 3.63) is 22.4 Å². The summed E-state index contributed by atoms with van der Waals surface area (Å²) in [4.78, 5) is 11.4. The van der Waals surface area contributed by atoms with Gasteiger partial charge in [-0.3, -0.25) is 4.79 Å². The zero-order chi connectivity index (χ0) is 10.9. The molecule has 0 atom stereocenters. The molecule has 0 radical (unpaired) electrons. The fourth-order valence-electron chi connectivity index (χ4n) is 1.03. The Morgan fingerprint density at radius 2 is 2.40 bits per heavy atom. The van der Waals surface area contributed by atoms with Crippen molar-refractivity contribution in [2.75, 3.05) is 25.6 Å². The van der Waals surface area contributed by atoms with Crippen LogP contribution in [0.25, 0.3) is 0 Å². The Kier molecular flexibility index (Phi) is 6.39. The van der Waals surface area contributed by atoms with Crippen molar-refractivity contribution < 1.29 is 9.53 Å². The van der Waals surface area contributed by atoms with E-state index in [0.717, 1.165) is 12.0 Å². The Morgan fingerprint density at radius 3 is 3.07 bits per heavy atom. The number of hydrogen-bond donors (Lipinski definition) is 1. The van der Waals surface area contributed by atoms with Gasteiger partial charge in [-0.1, -0.05) is 0 Å². The topological polar surface area (TPSA) is 38.3 Å². The van der Waals surface area contributed by atoms with Crippen LogP contribution in [-0.2, 0) is 4.74 Å². The molecule has 0 fully saturated rings. The Bertz CT molecular complexity index is 277. The molecule has 1 amide bonds. The van der Waals surface area contributed by atoms with Gasteiger partial charge in [-0.05, 0) is 17.9 Å². The van der Waals surface area contributed by atoms with E-state index in [9.17, 15) is 4.79 Å². The van der Waals surface area contributed by atoms with Crippen molar-refractivity contribution in [3.63, 3.8) is 0 Å². The maximum absolute atomic E-state index is 11.4. The molecule has 0 unspecified atom stereocenters. The zero-order valence-electron chi connectivity index (χ0n) is 8.37. The van der Waals surface area contributed by atoms with Gasteiger partial charge in [0.15, 0.2) is 0 Å². The van der Waals surface area contributed by atoms with Crippen molar-refractivity contribution in [2.45, 2.75) is 6.42 Å². The van der Waals surface area contributed by atoms with Gasteiger partial charge in [0.2, 0.25) is 0 Å². The number of ether oxygens (including phenoxy) is 1. The number of amides is 1. The van der Waals surface area contributed by atoms with Crippen LogP contribution < -0.4 is 5.32 Å². The Labute approximate surface area is 98.4 Å². The summed E-state index contributed by atoms with van der Waals surface area (Å²) in [5, 5.41) is 6.54. The van der Waals surface area contributed by atoms with Gasteiger partial charge in [-0.2, -0.15) is 11.3 Å². The molecule has 0 spiro atoms. The number of nitrogens with one attached hydrogen (secondary N) is 1. The Morgan fingerprint density at radius 1 is 1.53 bits per heavy atom. The fourth-order valence-corrected chi connectivity index (χ4v) is 1.77. The van der Waals surface area contributed by atoms with Crippen molar-refractivity contribution in [3.8, 4) is 0 Å². The lowest BCUT2D eigenvalue weighted by Crippen LogP contribution is -2.24. The van der Waals surface area contributed by atoms with Gasteiger partial charge in [-0.15, -0.1) is 11.6 Å². The molecule has 0 saturated carbocycles. The summed E-state index contributed by atoms with van der Waals surface area (Å²) < 4.78 is 5.17. The molecule has 1 aromatic rings. The molecule has 3 nitrogen and oxygen atoms in total. The van der Waals surface area contributed by atoms with Crippen LogP contribution in [0.4, 0.5) is 0 Å². The van der Waals surface area contributed by atoms with Crippen molar-refractivity contribution >= 4 is 28.8 Å². The molecule has 0 saturated heterocycles. The fraction of sp³-hybridized carbons (Fsp3) is 0.500. The number of alkyl halides is 1. The normalized spacial score (nSPS) is 10.2. The molecule has 5 heteroatoms. The Hall–Kier alpha value is -0.580. The molecule has 0 aliphatic carbocycles. The average Bonchev–Trinajstić information content (AvgIpc) is 2.76. The summed E-state index contributed by atoms with van der Waals surface area (Å²) >= 11 is 6.96. The summed E-state index contributed by atoms with van der Waals surface area (Å²) in [6.07, 6.45) is 0.812. The maximum Gasteiger partial charge on any atom is 0.252 e. The highest BCUT2D eigenvalue weighted by molar-refractivity contribution is 7.08. The van der Waals surface area contributed by atoms with Crippen LogP contribution in [0.3, 0.4) is 0 Å². The standard InChI is InChI=1S/C10H14ClNO2S/c11-3-6-14-5-1-4-12-10(13)9-2-7-15-8-9/h2,7-8H,1,3-6H2,(H,12,13). The van der Waals surface area contributed by atoms with Crippen molar-refractivity contribution in [2.24, 2.45) is 0 Å². The van der Waals surface area contributed by atoms with Gasteiger partial charge in [0, 0.05) is 30.0 Å². The highest BCUT2D eigenvalue weighted by Crippen LogP contribution is 2.04. The molecule has 1 heterocycles. The average molecular weight is 248 g/mol. The van der Waals surface area contributed by atoms with Crippen LogP contribution in [0.5, 0.6) is 0 Å². The number of carbonyl (C=O) groups excluding carboxylic acids is 1. The van der Waals surface area contributed by atoms with Gasteiger partial charge in [0.1, 0.15) is 0 Å². The van der Waals surface area contributed by atoms with Gasteiger partial charge < -0.3 is 10.1 Å². The van der Waals surface area contributed by atoms with E-state index < -0.39 is 0 Å². The van der Waals surface area contributed by atoms with E-state index in [1.54, 1.807) is 0 Å². The first kappa shape index (κ1) is 12.5. The number of rotatable bonds is 7. The molecule has 84 valence electrons. The highest BCUT2D eigenvalue weighted by Gasteiger charge is 2.03. The van der Waals surface area contributed by atoms with E-state index in [0.29, 0.717) is 25.6 Å². The van der Waals surface area contributed by atoms with Crippen LogP contribution in [0.15, 0.2) is 16.8 Å². The maximum atomic E-state index is 11.4. The second-order valence-corrected chi connectivity index (χ2v) is 4.08. The third-order valence-electron chi connectivity index (χ3n) is 1.76. The summed E-state index contributed by atoms with van der Waals surface area (Å²) in [5.74, 6) is 0.495. The first-order valence-electron chi connectivity index (χ1n) is 4.78. The summed E-state index contributed by atoms with van der Waals surface area (Å²) in [6, 6.07) is 1.81. The van der Waals surface area contributed by atoms with Gasteiger partial charge in [0.25, 0.3) is 5.91 Å². The van der Waals surface area contributed by atoms with Crippen LogP contribution in [0, 0.1) is 0 Å². The predicted octanol–water partition coefficient (Wildman–Crippen LogP) is 2.12. The van der Waals surface area contributed by atoms with Crippen LogP contribution >= 0.6 is 22.9 Å². The van der Waals surface area contributed by atoms with E-state index in [4.69, 9.17) is 16.3 Å². The summed E-state index contributed by atoms with van der Waals surface area (Å²) in [5.41, 5.74) is 0.724. The largest absolute Gasteiger partial charge is 0.380 e. The molecule has 0 aliphatic heterocycles. The second kappa shape index (κ2) is 7.68. The molecule has 0 aliphatic rings. The lowest BCUT2D eigenvalue weighted by molar-refractivity contribution is 0.0945. The molecule has 1 rings (SSSR count). The van der Waals surface area contributed by atoms with Crippen molar-refractivity contribution in [1.82, 2.24) is 5.32 Å².